The van der Waals surface area contributed by atoms with Gasteiger partial charge in [0.1, 0.15) is 11.3 Å². The maximum Gasteiger partial charge on any atom is 0.282 e. The van der Waals surface area contributed by atoms with Crippen molar-refractivity contribution in [1.29, 1.82) is 5.26 Å². The molecule has 1 amide bonds. The normalized spacial score (nSPS) is 14.5. The number of fused-ring (bicyclic) bond motifs is 1. The van der Waals surface area contributed by atoms with E-state index >= 15 is 0 Å². The van der Waals surface area contributed by atoms with Crippen LogP contribution in [-0.2, 0) is 13.0 Å². The monoisotopic (exact) mass is 420 g/mol. The average molecular weight is 420 g/mol. The summed E-state index contributed by atoms with van der Waals surface area (Å²) in [6, 6.07) is 5.45. The first kappa shape index (κ1) is 20.6. The lowest BCUT2D eigenvalue weighted by Gasteiger charge is -2.36. The standard InChI is InChI=1S/C21H24N8O2/c1-3-15-11-29-19(25-20(15)30)10-16(26-29)12-27-6-8-28(9-7-27)18-5-4-17(24-14(18)2)21(31)23-13-22/h4-5,10-11H,3,6-9,12H2,1-2H3,(H,23,31)(H,25,30). The van der Waals surface area contributed by atoms with Crippen LogP contribution in [0.1, 0.15) is 34.4 Å². The Morgan fingerprint density at radius 1 is 1.29 bits per heavy atom. The number of nitriles is 1. The van der Waals surface area contributed by atoms with Crippen LogP contribution in [0.15, 0.2) is 29.2 Å². The zero-order chi connectivity index (χ0) is 22.0. The molecule has 0 unspecified atom stereocenters. The summed E-state index contributed by atoms with van der Waals surface area (Å²) >= 11 is 0. The van der Waals surface area contributed by atoms with Gasteiger partial charge in [-0.15, -0.1) is 0 Å². The Morgan fingerprint density at radius 2 is 2.06 bits per heavy atom. The summed E-state index contributed by atoms with van der Waals surface area (Å²) in [7, 11) is 0. The molecule has 0 radical (unpaired) electrons. The third-order valence-electron chi connectivity index (χ3n) is 5.54. The number of hydrogen-bond donors (Lipinski definition) is 2. The first-order valence-corrected chi connectivity index (χ1v) is 10.2. The Hall–Kier alpha value is -3.71. The molecule has 10 heteroatoms. The molecule has 1 fully saturated rings. The zero-order valence-corrected chi connectivity index (χ0v) is 17.6. The van der Waals surface area contributed by atoms with Crippen molar-refractivity contribution in [2.24, 2.45) is 0 Å². The van der Waals surface area contributed by atoms with Gasteiger partial charge in [-0.25, -0.2) is 9.50 Å². The van der Waals surface area contributed by atoms with Gasteiger partial charge in [0, 0.05) is 50.6 Å². The molecule has 160 valence electrons. The number of nitrogens with zero attached hydrogens (tertiary/aromatic N) is 6. The highest BCUT2D eigenvalue weighted by atomic mass is 16.1. The Kier molecular flexibility index (Phi) is 5.68. The molecule has 4 rings (SSSR count). The minimum Gasteiger partial charge on any atom is -0.368 e. The molecule has 3 aromatic heterocycles. The van der Waals surface area contributed by atoms with E-state index in [0.717, 1.165) is 48.8 Å². The lowest BCUT2D eigenvalue weighted by atomic mass is 10.2. The lowest BCUT2D eigenvalue weighted by molar-refractivity contribution is 0.0968. The second-order valence-electron chi connectivity index (χ2n) is 7.56. The smallest absolute Gasteiger partial charge is 0.282 e. The predicted molar refractivity (Wildman–Crippen MR) is 115 cm³/mol. The summed E-state index contributed by atoms with van der Waals surface area (Å²) in [6.07, 6.45) is 4.09. The fourth-order valence-corrected chi connectivity index (χ4v) is 3.87. The maximum absolute atomic E-state index is 12.0. The van der Waals surface area contributed by atoms with Crippen molar-refractivity contribution >= 4 is 17.2 Å². The summed E-state index contributed by atoms with van der Waals surface area (Å²) in [5.41, 5.74) is 4.27. The van der Waals surface area contributed by atoms with E-state index < -0.39 is 5.91 Å². The van der Waals surface area contributed by atoms with Crippen LogP contribution in [0.2, 0.25) is 0 Å². The quantitative estimate of drug-likeness (QED) is 0.463. The maximum atomic E-state index is 12.0. The van der Waals surface area contributed by atoms with Gasteiger partial charge in [0.2, 0.25) is 0 Å². The Bertz CT molecular complexity index is 1210. The fraction of sp³-hybridized carbons (Fsp3) is 0.381. The molecule has 4 heterocycles. The molecule has 1 aliphatic rings. The number of H-pyrrole nitrogens is 1. The first-order chi connectivity index (χ1) is 15.0. The van der Waals surface area contributed by atoms with E-state index in [4.69, 9.17) is 5.26 Å². The number of carbonyl (C=O) groups is 1. The lowest BCUT2D eigenvalue weighted by Crippen LogP contribution is -2.46. The number of piperazine rings is 1. The van der Waals surface area contributed by atoms with Gasteiger partial charge in [-0.3, -0.25) is 19.8 Å². The van der Waals surface area contributed by atoms with Crippen LogP contribution in [0.5, 0.6) is 0 Å². The van der Waals surface area contributed by atoms with Gasteiger partial charge in [-0.05, 0) is 25.5 Å². The third-order valence-corrected chi connectivity index (χ3v) is 5.54. The van der Waals surface area contributed by atoms with Crippen molar-refractivity contribution in [2.45, 2.75) is 26.8 Å². The molecule has 31 heavy (non-hydrogen) atoms. The average Bonchev–Trinajstić information content (AvgIpc) is 3.14. The SMILES string of the molecule is CCc1cn2nc(CN3CCN(c4ccc(C(=O)NC#N)nc4C)CC3)cc2[nH]c1=O. The highest BCUT2D eigenvalue weighted by molar-refractivity contribution is 5.93. The second kappa shape index (κ2) is 8.57. The van der Waals surface area contributed by atoms with Gasteiger partial charge < -0.3 is 9.88 Å². The van der Waals surface area contributed by atoms with Crippen LogP contribution in [0.25, 0.3) is 5.65 Å². The van der Waals surface area contributed by atoms with E-state index in [9.17, 15) is 9.59 Å². The number of aryl methyl sites for hydroxylation is 2. The molecule has 2 N–H and O–H groups in total. The van der Waals surface area contributed by atoms with Gasteiger partial charge in [-0.1, -0.05) is 6.92 Å². The van der Waals surface area contributed by atoms with Crippen LogP contribution in [0, 0.1) is 18.4 Å². The second-order valence-corrected chi connectivity index (χ2v) is 7.56. The zero-order valence-electron chi connectivity index (χ0n) is 17.6. The molecule has 0 aromatic carbocycles. The van der Waals surface area contributed by atoms with E-state index in [1.54, 1.807) is 23.0 Å². The van der Waals surface area contributed by atoms with Gasteiger partial charge in [0.25, 0.3) is 11.5 Å². The van der Waals surface area contributed by atoms with E-state index in [-0.39, 0.29) is 11.3 Å². The summed E-state index contributed by atoms with van der Waals surface area (Å²) in [5, 5.41) is 15.3. The Labute approximate surface area is 179 Å². The summed E-state index contributed by atoms with van der Waals surface area (Å²) in [6.45, 7) is 7.91. The number of aromatic nitrogens is 4. The molecule has 1 aliphatic heterocycles. The van der Waals surface area contributed by atoms with Gasteiger partial charge in [0.15, 0.2) is 6.19 Å². The highest BCUT2D eigenvalue weighted by Gasteiger charge is 2.21. The highest BCUT2D eigenvalue weighted by Crippen LogP contribution is 2.21. The molecule has 0 saturated carbocycles. The van der Waals surface area contributed by atoms with Gasteiger partial charge in [0.05, 0.1) is 17.1 Å². The molecule has 0 bridgehead atoms. The number of pyridine rings is 1. The van der Waals surface area contributed by atoms with Gasteiger partial charge in [-0.2, -0.15) is 10.4 Å². The summed E-state index contributed by atoms with van der Waals surface area (Å²) in [4.78, 5) is 35.6. The largest absolute Gasteiger partial charge is 0.368 e. The minimum atomic E-state index is -0.498. The van der Waals surface area contributed by atoms with Gasteiger partial charge >= 0.3 is 0 Å². The minimum absolute atomic E-state index is 0.0600. The van der Waals surface area contributed by atoms with Crippen molar-refractivity contribution < 1.29 is 4.79 Å². The van der Waals surface area contributed by atoms with E-state index in [1.165, 1.54) is 0 Å². The first-order valence-electron chi connectivity index (χ1n) is 10.2. The molecule has 1 saturated heterocycles. The van der Waals surface area contributed by atoms with E-state index in [0.29, 0.717) is 18.6 Å². The number of amides is 1. The predicted octanol–water partition coefficient (Wildman–Crippen LogP) is 0.821. The van der Waals surface area contributed by atoms with E-state index in [1.807, 2.05) is 26.0 Å². The van der Waals surface area contributed by atoms with Crippen molar-refractivity contribution in [3.63, 3.8) is 0 Å². The van der Waals surface area contributed by atoms with Crippen LogP contribution in [0.3, 0.4) is 0 Å². The Morgan fingerprint density at radius 3 is 2.74 bits per heavy atom. The van der Waals surface area contributed by atoms with Crippen LogP contribution >= 0.6 is 0 Å². The summed E-state index contributed by atoms with van der Waals surface area (Å²) in [5.74, 6) is -0.498. The fourth-order valence-electron chi connectivity index (χ4n) is 3.87. The molecule has 3 aromatic rings. The number of nitrogens with one attached hydrogen (secondary N) is 2. The van der Waals surface area contributed by atoms with Crippen molar-refractivity contribution in [3.05, 3.63) is 57.4 Å². The summed E-state index contributed by atoms with van der Waals surface area (Å²) < 4.78 is 1.74. The number of aromatic amines is 1. The number of hydrogen-bond acceptors (Lipinski definition) is 7. The Balaban J connectivity index is 1.40. The van der Waals surface area contributed by atoms with Crippen molar-refractivity contribution in [2.75, 3.05) is 31.1 Å². The number of anilines is 1. The molecule has 0 spiro atoms. The molecule has 0 aliphatic carbocycles. The topological polar surface area (TPSA) is 122 Å². The molecule has 0 atom stereocenters. The molecular formula is C21H24N8O2. The number of carbonyl (C=O) groups excluding carboxylic acids is 1. The number of rotatable bonds is 5. The van der Waals surface area contributed by atoms with Crippen LogP contribution in [0.4, 0.5) is 5.69 Å². The molecular weight excluding hydrogens is 396 g/mol. The van der Waals surface area contributed by atoms with Crippen molar-refractivity contribution in [3.8, 4) is 6.19 Å². The molecule has 10 nitrogen and oxygen atoms in total. The van der Waals surface area contributed by atoms with Crippen LogP contribution < -0.4 is 15.8 Å². The van der Waals surface area contributed by atoms with Crippen molar-refractivity contribution in [1.82, 2.24) is 29.8 Å². The third kappa shape index (κ3) is 4.27. The van der Waals surface area contributed by atoms with E-state index in [2.05, 4.69) is 30.2 Å². The van der Waals surface area contributed by atoms with Crippen LogP contribution in [-0.4, -0.2) is 56.6 Å².